The van der Waals surface area contributed by atoms with E-state index in [1.165, 1.54) is 0 Å². The van der Waals surface area contributed by atoms with Gasteiger partial charge in [-0.3, -0.25) is 9.59 Å². The Hall–Kier alpha value is -2.67. The zero-order valence-corrected chi connectivity index (χ0v) is 14.1. The van der Waals surface area contributed by atoms with Crippen LogP contribution in [0.15, 0.2) is 36.5 Å². The molecule has 130 valence electrons. The summed E-state index contributed by atoms with van der Waals surface area (Å²) in [6.07, 6.45) is 2.54. The number of methoxy groups -OCH3 is 1. The number of aromatic nitrogens is 2. The molecule has 0 aliphatic carbocycles. The van der Waals surface area contributed by atoms with Crippen molar-refractivity contribution in [2.75, 3.05) is 26.8 Å². The first-order valence-electron chi connectivity index (χ1n) is 8.39. The van der Waals surface area contributed by atoms with Gasteiger partial charge in [0.2, 0.25) is 5.91 Å². The summed E-state index contributed by atoms with van der Waals surface area (Å²) >= 11 is 0. The molecule has 1 saturated heterocycles. The Morgan fingerprint density at radius 2 is 2.12 bits per heavy atom. The zero-order chi connectivity index (χ0) is 17.4. The topological polar surface area (TPSA) is 67.7 Å². The number of hydrogen-bond donors (Lipinski definition) is 0. The van der Waals surface area contributed by atoms with Crippen LogP contribution in [-0.4, -0.2) is 64.2 Å². The number of carbonyl (C=O) groups excluding carboxylic acids is 2. The van der Waals surface area contributed by atoms with E-state index in [-0.39, 0.29) is 24.4 Å². The first-order valence-corrected chi connectivity index (χ1v) is 8.39. The largest absolute Gasteiger partial charge is 0.383 e. The number of hydrogen-bond acceptors (Lipinski definition) is 4. The number of carbonyl (C=O) groups is 2. The summed E-state index contributed by atoms with van der Waals surface area (Å²) < 4.78 is 6.91. The second-order valence-electron chi connectivity index (χ2n) is 6.40. The summed E-state index contributed by atoms with van der Waals surface area (Å²) in [4.78, 5) is 28.5. The van der Waals surface area contributed by atoms with Crippen LogP contribution in [0.25, 0.3) is 5.69 Å². The fraction of sp³-hybridized carbons (Fsp3) is 0.389. The van der Waals surface area contributed by atoms with Gasteiger partial charge in [0.15, 0.2) is 0 Å². The van der Waals surface area contributed by atoms with Crippen molar-refractivity contribution in [3.63, 3.8) is 0 Å². The van der Waals surface area contributed by atoms with Crippen molar-refractivity contribution in [3.8, 4) is 5.69 Å². The molecule has 2 aromatic rings. The van der Waals surface area contributed by atoms with Gasteiger partial charge in [0, 0.05) is 13.7 Å². The number of para-hydroxylation sites is 1. The molecule has 2 aliphatic heterocycles. The van der Waals surface area contributed by atoms with Gasteiger partial charge in [-0.15, -0.1) is 0 Å². The molecule has 7 heteroatoms. The third-order valence-corrected chi connectivity index (χ3v) is 4.88. The number of nitrogens with zero attached hydrogens (tertiary/aromatic N) is 4. The summed E-state index contributed by atoms with van der Waals surface area (Å²) in [5, 5.41) is 4.33. The molecule has 3 heterocycles. The standard InChI is InChI=1S/C18H20N4O3/c1-25-12-14-7-8-21(14)17(23)11-20-10-16-15(18(20)24)9-19-22(16)13-5-3-2-4-6-13/h2-6,9,14H,7-8,10-12H2,1H3. The molecule has 1 aromatic carbocycles. The molecule has 0 spiro atoms. The number of likely N-dealkylation sites (tertiary alicyclic amines) is 1. The van der Waals surface area contributed by atoms with Crippen molar-refractivity contribution in [2.45, 2.75) is 19.0 Å². The second kappa shape index (κ2) is 6.33. The van der Waals surface area contributed by atoms with Crippen molar-refractivity contribution < 1.29 is 14.3 Å². The Balaban J connectivity index is 1.48. The smallest absolute Gasteiger partial charge is 0.258 e. The van der Waals surface area contributed by atoms with Gasteiger partial charge in [-0.05, 0) is 18.6 Å². The molecule has 0 bridgehead atoms. The molecule has 1 fully saturated rings. The average molecular weight is 340 g/mol. The van der Waals surface area contributed by atoms with Gasteiger partial charge in [0.05, 0.1) is 42.3 Å². The summed E-state index contributed by atoms with van der Waals surface area (Å²) in [7, 11) is 1.64. The van der Waals surface area contributed by atoms with Crippen molar-refractivity contribution in [3.05, 3.63) is 47.8 Å². The Bertz CT molecular complexity index is 802. The molecule has 2 aliphatic rings. The number of benzene rings is 1. The maximum absolute atomic E-state index is 12.6. The van der Waals surface area contributed by atoms with Crippen LogP contribution in [-0.2, 0) is 16.1 Å². The van der Waals surface area contributed by atoms with E-state index in [2.05, 4.69) is 5.10 Å². The maximum Gasteiger partial charge on any atom is 0.258 e. The molecule has 1 aromatic heterocycles. The third kappa shape index (κ3) is 2.70. The van der Waals surface area contributed by atoms with Gasteiger partial charge in [0.1, 0.15) is 6.54 Å². The Morgan fingerprint density at radius 1 is 1.32 bits per heavy atom. The highest BCUT2D eigenvalue weighted by molar-refractivity contribution is 5.99. The quantitative estimate of drug-likeness (QED) is 0.817. The van der Waals surface area contributed by atoms with Crippen LogP contribution in [0.5, 0.6) is 0 Å². The van der Waals surface area contributed by atoms with E-state index in [9.17, 15) is 9.59 Å². The van der Waals surface area contributed by atoms with Gasteiger partial charge in [-0.25, -0.2) is 4.68 Å². The van der Waals surface area contributed by atoms with E-state index in [4.69, 9.17) is 4.74 Å². The molecule has 0 radical (unpaired) electrons. The predicted octanol–water partition coefficient (Wildman–Crippen LogP) is 1.08. The molecular formula is C18H20N4O3. The lowest BCUT2D eigenvalue weighted by atomic mass is 10.0. The van der Waals surface area contributed by atoms with E-state index in [1.54, 1.807) is 27.8 Å². The lowest BCUT2D eigenvalue weighted by Crippen LogP contribution is -2.55. The summed E-state index contributed by atoms with van der Waals surface area (Å²) in [6.45, 7) is 1.78. The lowest BCUT2D eigenvalue weighted by Gasteiger charge is -2.41. The van der Waals surface area contributed by atoms with E-state index in [1.807, 2.05) is 30.3 Å². The summed E-state index contributed by atoms with van der Waals surface area (Å²) in [5.41, 5.74) is 2.32. The third-order valence-electron chi connectivity index (χ3n) is 4.88. The average Bonchev–Trinajstić information content (AvgIpc) is 3.13. The minimum atomic E-state index is -0.130. The first kappa shape index (κ1) is 15.8. The first-order chi connectivity index (χ1) is 12.2. The van der Waals surface area contributed by atoms with Gasteiger partial charge >= 0.3 is 0 Å². The highest BCUT2D eigenvalue weighted by atomic mass is 16.5. The highest BCUT2D eigenvalue weighted by Crippen LogP contribution is 2.26. The SMILES string of the molecule is COCC1CCN1C(=O)CN1Cc2c(cnn2-c2ccccc2)C1=O. The monoisotopic (exact) mass is 340 g/mol. The number of amides is 2. The van der Waals surface area contributed by atoms with Gasteiger partial charge in [0.25, 0.3) is 5.91 Å². The molecule has 2 amide bonds. The number of fused-ring (bicyclic) bond motifs is 1. The second-order valence-corrected chi connectivity index (χ2v) is 6.40. The molecule has 0 saturated carbocycles. The molecule has 4 rings (SSSR count). The Morgan fingerprint density at radius 3 is 2.80 bits per heavy atom. The van der Waals surface area contributed by atoms with Crippen LogP contribution < -0.4 is 0 Å². The molecule has 1 atom stereocenters. The van der Waals surface area contributed by atoms with Crippen molar-refractivity contribution >= 4 is 11.8 Å². The summed E-state index contributed by atoms with van der Waals surface area (Å²) in [5.74, 6) is -0.152. The van der Waals surface area contributed by atoms with E-state index in [0.29, 0.717) is 18.7 Å². The Labute approximate surface area is 145 Å². The van der Waals surface area contributed by atoms with Crippen molar-refractivity contribution in [2.24, 2.45) is 0 Å². The molecular weight excluding hydrogens is 320 g/mol. The summed E-state index contributed by atoms with van der Waals surface area (Å²) in [6, 6.07) is 9.83. The number of ether oxygens (including phenoxy) is 1. The number of rotatable bonds is 5. The van der Waals surface area contributed by atoms with Crippen LogP contribution in [0.3, 0.4) is 0 Å². The zero-order valence-electron chi connectivity index (χ0n) is 14.1. The molecule has 25 heavy (non-hydrogen) atoms. The fourth-order valence-electron chi connectivity index (χ4n) is 3.44. The van der Waals surface area contributed by atoms with Gasteiger partial charge < -0.3 is 14.5 Å². The Kier molecular flexibility index (Phi) is 4.01. The minimum absolute atomic E-state index is 0.0222. The van der Waals surface area contributed by atoms with Crippen molar-refractivity contribution in [1.29, 1.82) is 0 Å². The minimum Gasteiger partial charge on any atom is -0.383 e. The van der Waals surface area contributed by atoms with E-state index >= 15 is 0 Å². The maximum atomic E-state index is 12.6. The fourth-order valence-corrected chi connectivity index (χ4v) is 3.44. The van der Waals surface area contributed by atoms with E-state index in [0.717, 1.165) is 24.3 Å². The van der Waals surface area contributed by atoms with Crippen LogP contribution in [0.4, 0.5) is 0 Å². The van der Waals surface area contributed by atoms with Crippen LogP contribution in [0.2, 0.25) is 0 Å². The molecule has 0 N–H and O–H groups in total. The van der Waals surface area contributed by atoms with Crippen LogP contribution in [0, 0.1) is 0 Å². The molecule has 1 unspecified atom stereocenters. The van der Waals surface area contributed by atoms with Crippen molar-refractivity contribution in [1.82, 2.24) is 19.6 Å². The molecule has 7 nitrogen and oxygen atoms in total. The van der Waals surface area contributed by atoms with Crippen LogP contribution >= 0.6 is 0 Å². The van der Waals surface area contributed by atoms with Gasteiger partial charge in [-0.2, -0.15) is 5.10 Å². The normalized spacial score (nSPS) is 19.1. The van der Waals surface area contributed by atoms with Gasteiger partial charge in [-0.1, -0.05) is 18.2 Å². The highest BCUT2D eigenvalue weighted by Gasteiger charge is 2.37. The predicted molar refractivity (Wildman–Crippen MR) is 90.3 cm³/mol. The van der Waals surface area contributed by atoms with Crippen LogP contribution in [0.1, 0.15) is 22.5 Å². The van der Waals surface area contributed by atoms with E-state index < -0.39 is 0 Å². The lowest BCUT2D eigenvalue weighted by molar-refractivity contribution is -0.141.